The molecular weight excluding hydrogens is 289 g/mol. The van der Waals surface area contributed by atoms with Crippen molar-refractivity contribution in [1.82, 2.24) is 15.2 Å². The molecule has 2 N–H and O–H groups in total. The van der Waals surface area contributed by atoms with Crippen LogP contribution in [0.3, 0.4) is 0 Å². The normalized spacial score (nSPS) is 11.6. The van der Waals surface area contributed by atoms with Crippen LogP contribution in [0.1, 0.15) is 16.2 Å². The standard InChI is InChI=1S/C15H10FN3O3/c16-11-3-1-9(2-4-11)14-5-10(7-22-14)12(20)6-13(21)15-17-8-18-19-15/h1-8,21H,(H,17,18,19). The number of allylic oxidation sites excluding steroid dienone is 1. The van der Waals surface area contributed by atoms with Crippen LogP contribution in [0.5, 0.6) is 0 Å². The molecule has 0 aliphatic rings. The van der Waals surface area contributed by atoms with E-state index >= 15 is 0 Å². The topological polar surface area (TPSA) is 92.0 Å². The maximum atomic E-state index is 12.9. The lowest BCUT2D eigenvalue weighted by molar-refractivity contribution is 0.104. The third kappa shape index (κ3) is 2.78. The SMILES string of the molecule is O=C(C=C(O)c1nc[nH]n1)c1coc(-c2ccc(F)cc2)c1. The number of carbonyl (C=O) groups excluding carboxylic acids is 1. The van der Waals surface area contributed by atoms with E-state index in [4.69, 9.17) is 4.42 Å². The van der Waals surface area contributed by atoms with E-state index in [1.807, 2.05) is 0 Å². The van der Waals surface area contributed by atoms with Crippen LogP contribution in [0.2, 0.25) is 0 Å². The number of hydrogen-bond acceptors (Lipinski definition) is 5. The van der Waals surface area contributed by atoms with Gasteiger partial charge in [0.2, 0.25) is 5.82 Å². The molecule has 6 nitrogen and oxygen atoms in total. The minimum absolute atomic E-state index is 0.0237. The second-order valence-electron chi connectivity index (χ2n) is 4.42. The van der Waals surface area contributed by atoms with E-state index in [-0.39, 0.29) is 23.0 Å². The molecule has 0 saturated heterocycles. The molecule has 2 heterocycles. The van der Waals surface area contributed by atoms with Gasteiger partial charge < -0.3 is 9.52 Å². The van der Waals surface area contributed by atoms with Crippen LogP contribution in [-0.4, -0.2) is 26.1 Å². The van der Waals surface area contributed by atoms with Gasteiger partial charge in [-0.05, 0) is 30.3 Å². The van der Waals surface area contributed by atoms with Crippen molar-refractivity contribution in [2.75, 3.05) is 0 Å². The van der Waals surface area contributed by atoms with Gasteiger partial charge in [-0.1, -0.05) is 0 Å². The number of aliphatic hydroxyl groups is 1. The molecule has 7 heteroatoms. The van der Waals surface area contributed by atoms with Crippen molar-refractivity contribution in [3.05, 3.63) is 66.2 Å². The highest BCUT2D eigenvalue weighted by Gasteiger charge is 2.12. The maximum Gasteiger partial charge on any atom is 0.215 e. The van der Waals surface area contributed by atoms with E-state index in [0.717, 1.165) is 6.08 Å². The first kappa shape index (κ1) is 13.7. The van der Waals surface area contributed by atoms with Crippen LogP contribution in [0.15, 0.2) is 53.4 Å². The molecule has 3 aromatic rings. The molecule has 0 amide bonds. The van der Waals surface area contributed by atoms with Crippen molar-refractivity contribution in [3.8, 4) is 11.3 Å². The first-order chi connectivity index (χ1) is 10.6. The number of halogens is 1. The molecule has 0 atom stereocenters. The lowest BCUT2D eigenvalue weighted by atomic mass is 10.1. The zero-order valence-corrected chi connectivity index (χ0v) is 11.2. The second-order valence-corrected chi connectivity index (χ2v) is 4.42. The number of rotatable bonds is 4. The molecule has 0 saturated carbocycles. The summed E-state index contributed by atoms with van der Waals surface area (Å²) in [6.45, 7) is 0. The van der Waals surface area contributed by atoms with E-state index in [0.29, 0.717) is 11.3 Å². The average molecular weight is 299 g/mol. The monoisotopic (exact) mass is 299 g/mol. The van der Waals surface area contributed by atoms with Gasteiger partial charge in [0.25, 0.3) is 0 Å². The van der Waals surface area contributed by atoms with Crippen molar-refractivity contribution >= 4 is 11.5 Å². The van der Waals surface area contributed by atoms with Gasteiger partial charge in [-0.3, -0.25) is 9.89 Å². The Morgan fingerprint density at radius 1 is 1.32 bits per heavy atom. The Balaban J connectivity index is 1.83. The number of nitrogens with one attached hydrogen (secondary N) is 1. The minimum Gasteiger partial charge on any atom is -0.504 e. The minimum atomic E-state index is -0.459. The van der Waals surface area contributed by atoms with Crippen molar-refractivity contribution < 1.29 is 18.7 Å². The van der Waals surface area contributed by atoms with Crippen LogP contribution in [0.4, 0.5) is 4.39 Å². The molecule has 0 spiro atoms. The summed E-state index contributed by atoms with van der Waals surface area (Å²) >= 11 is 0. The number of hydrogen-bond donors (Lipinski definition) is 2. The van der Waals surface area contributed by atoms with Crippen molar-refractivity contribution in [1.29, 1.82) is 0 Å². The number of aromatic amines is 1. The average Bonchev–Trinajstić information content (AvgIpc) is 3.20. The Morgan fingerprint density at radius 3 is 2.77 bits per heavy atom. The molecule has 22 heavy (non-hydrogen) atoms. The van der Waals surface area contributed by atoms with Gasteiger partial charge in [-0.15, -0.1) is 0 Å². The fourth-order valence-corrected chi connectivity index (χ4v) is 1.84. The molecule has 0 fully saturated rings. The van der Waals surface area contributed by atoms with Gasteiger partial charge in [0, 0.05) is 11.6 Å². The van der Waals surface area contributed by atoms with E-state index < -0.39 is 5.78 Å². The quantitative estimate of drug-likeness (QED) is 0.439. The summed E-state index contributed by atoms with van der Waals surface area (Å²) in [5.74, 6) is -0.717. The van der Waals surface area contributed by atoms with Gasteiger partial charge in [0.05, 0.1) is 5.56 Å². The van der Waals surface area contributed by atoms with Gasteiger partial charge in [0.15, 0.2) is 11.5 Å². The van der Waals surface area contributed by atoms with Gasteiger partial charge in [-0.25, -0.2) is 9.37 Å². The summed E-state index contributed by atoms with van der Waals surface area (Å²) < 4.78 is 18.2. The van der Waals surface area contributed by atoms with Crippen LogP contribution < -0.4 is 0 Å². The first-order valence-corrected chi connectivity index (χ1v) is 6.29. The number of nitrogens with zero attached hydrogens (tertiary/aromatic N) is 2. The summed E-state index contributed by atoms with van der Waals surface area (Å²) in [6.07, 6.45) is 3.56. The molecule has 2 aromatic heterocycles. The van der Waals surface area contributed by atoms with Crippen LogP contribution >= 0.6 is 0 Å². The predicted octanol–water partition coefficient (Wildman–Crippen LogP) is 2.99. The number of aliphatic hydroxyl groups excluding tert-OH is 1. The predicted molar refractivity (Wildman–Crippen MR) is 75.4 cm³/mol. The van der Waals surface area contributed by atoms with Crippen LogP contribution in [0, 0.1) is 5.82 Å². The molecule has 0 unspecified atom stereocenters. The fourth-order valence-electron chi connectivity index (χ4n) is 1.84. The van der Waals surface area contributed by atoms with Gasteiger partial charge >= 0.3 is 0 Å². The molecule has 0 radical (unpaired) electrons. The molecule has 1 aromatic carbocycles. The third-order valence-electron chi connectivity index (χ3n) is 2.92. The fraction of sp³-hybridized carbons (Fsp3) is 0. The second kappa shape index (κ2) is 5.65. The largest absolute Gasteiger partial charge is 0.504 e. The van der Waals surface area contributed by atoms with Crippen LogP contribution in [-0.2, 0) is 0 Å². The highest BCUT2D eigenvalue weighted by Crippen LogP contribution is 2.23. The Morgan fingerprint density at radius 2 is 2.09 bits per heavy atom. The third-order valence-corrected chi connectivity index (χ3v) is 2.92. The van der Waals surface area contributed by atoms with E-state index in [1.54, 1.807) is 12.1 Å². The number of carbonyl (C=O) groups is 1. The van der Waals surface area contributed by atoms with Crippen molar-refractivity contribution in [3.63, 3.8) is 0 Å². The van der Waals surface area contributed by atoms with Crippen molar-refractivity contribution in [2.24, 2.45) is 0 Å². The zero-order valence-electron chi connectivity index (χ0n) is 11.2. The highest BCUT2D eigenvalue weighted by molar-refractivity contribution is 6.07. The molecule has 0 aliphatic heterocycles. The molecular formula is C15H10FN3O3. The number of aromatic nitrogens is 3. The number of benzene rings is 1. The summed E-state index contributed by atoms with van der Waals surface area (Å²) in [5, 5.41) is 15.8. The maximum absolute atomic E-state index is 12.9. The van der Waals surface area contributed by atoms with Gasteiger partial charge in [0.1, 0.15) is 24.2 Å². The molecule has 110 valence electrons. The van der Waals surface area contributed by atoms with Crippen LogP contribution in [0.25, 0.3) is 17.1 Å². The smallest absolute Gasteiger partial charge is 0.215 e. The lowest BCUT2D eigenvalue weighted by Gasteiger charge is -1.95. The number of H-pyrrole nitrogens is 1. The van der Waals surface area contributed by atoms with E-state index in [2.05, 4.69) is 15.2 Å². The van der Waals surface area contributed by atoms with E-state index in [1.165, 1.54) is 30.8 Å². The molecule has 3 rings (SSSR count). The summed E-state index contributed by atoms with van der Waals surface area (Å²) in [5.41, 5.74) is 0.893. The Bertz CT molecular complexity index is 820. The van der Waals surface area contributed by atoms with E-state index in [9.17, 15) is 14.3 Å². The summed E-state index contributed by atoms with van der Waals surface area (Å²) in [6, 6.07) is 7.20. The molecule has 0 bridgehead atoms. The Hall–Kier alpha value is -3.22. The number of furan rings is 1. The highest BCUT2D eigenvalue weighted by atomic mass is 19.1. The van der Waals surface area contributed by atoms with Gasteiger partial charge in [-0.2, -0.15) is 5.10 Å². The Labute approximate surface area is 123 Å². The molecule has 0 aliphatic carbocycles. The summed E-state index contributed by atoms with van der Waals surface area (Å²) in [7, 11) is 0. The van der Waals surface area contributed by atoms with Crippen molar-refractivity contribution in [2.45, 2.75) is 0 Å². The summed E-state index contributed by atoms with van der Waals surface area (Å²) in [4.78, 5) is 15.8. The lowest BCUT2D eigenvalue weighted by Crippen LogP contribution is -1.95. The number of ketones is 1. The first-order valence-electron chi connectivity index (χ1n) is 6.29. The Kier molecular flexibility index (Phi) is 3.53. The zero-order chi connectivity index (χ0) is 15.5.